The minimum Gasteiger partial charge on any atom is -0.507 e. The number of carbonyl (C=O) groups is 8. The lowest BCUT2D eigenvalue weighted by Gasteiger charge is -2.43. The minimum atomic E-state index is -2.39. The molecule has 0 aromatic heterocycles. The van der Waals surface area contributed by atoms with Crippen molar-refractivity contribution < 1.29 is 97.4 Å². The molecule has 1 saturated heterocycles. The molecule has 0 radical (unpaired) electrons. The Morgan fingerprint density at radius 1 is 0.822 bits per heavy atom. The van der Waals surface area contributed by atoms with Crippen LogP contribution in [0.5, 0.6) is 28.7 Å². The van der Waals surface area contributed by atoms with E-state index in [1.807, 2.05) is 0 Å². The number of nitrogens with one attached hydrogen (secondary N) is 3. The Kier molecular flexibility index (Phi) is 18.2. The number of rotatable bonds is 24. The zero-order chi connectivity index (χ0) is 53.3. The molecule has 24 heteroatoms. The number of aliphatic hydroxyl groups excluding tert-OH is 2. The Balaban J connectivity index is 0.931. The maximum Gasteiger partial charge on any atom is 0.256 e. The van der Waals surface area contributed by atoms with E-state index in [0.29, 0.717) is 0 Å². The first-order valence-electron chi connectivity index (χ1n) is 23.2. The molecule has 3 aliphatic rings. The van der Waals surface area contributed by atoms with E-state index in [-0.39, 0.29) is 122 Å². The molecule has 6 rings (SSSR count). The maximum absolute atomic E-state index is 14.0. The van der Waals surface area contributed by atoms with Crippen LogP contribution in [0, 0.1) is 0 Å². The average molecular weight is 1020 g/mol. The molecule has 4 amide bonds. The standard InChI is InChI=1S/C49H58N4O20/c1-23-42(60)28(53-34(58)9-4-6-24(55)22-71-17-16-70-15-14-51-33(57)12-13-35(59)52-27-10-11-30(69-3)39(45(27)63)48(50)66)18-36(72-23)73-31-20-49(67,32(56)21-54)19-26-38(31)47(65)41-40(44(26)62)43(61)25-7-5-8-29(68-2)37(25)46(41)64/h5,7-8,10-11,23,28,31,36,42,54,60,62-63,65,67H,4,6,9,12-22H2,1-3H3,(H2,50,66)(H,51,57)(H,52,59)(H,53,58)/t23-,28-,31+,36?,42+,49-/m0/s1. The van der Waals surface area contributed by atoms with E-state index in [1.165, 1.54) is 51.5 Å². The van der Waals surface area contributed by atoms with E-state index in [2.05, 4.69) is 16.0 Å². The van der Waals surface area contributed by atoms with Crippen LogP contribution in [0.2, 0.25) is 0 Å². The van der Waals surface area contributed by atoms with Crippen molar-refractivity contribution in [2.75, 3.05) is 59.1 Å². The largest absolute Gasteiger partial charge is 0.507 e. The summed E-state index contributed by atoms with van der Waals surface area (Å²) in [6, 6.07) is 5.92. The fraction of sp³-hybridized carbons (Fsp3) is 0.469. The smallest absolute Gasteiger partial charge is 0.256 e. The number of aromatic hydroxyl groups is 3. The summed E-state index contributed by atoms with van der Waals surface area (Å²) in [5.41, 5.74) is 0.596. The number of carbonyl (C=O) groups excluding carboxylic acids is 8. The number of Topliss-reactive ketones (excluding diaryl/α,β-unsaturated/α-hetero) is 2. The SMILES string of the molecule is COc1cccc2c1C(=O)c1c(O)c3c(c(O)c1C2=O)C[C@@](O)(C(=O)CO)C[C@H]3OC1C[C@H](NC(=O)CCCC(=O)COCCOCCNC(=O)CCC(=O)Nc2ccc(OC)c(C(N)=O)c2O)[C@H](O)[C@H](C)O1. The summed E-state index contributed by atoms with van der Waals surface area (Å²) < 4.78 is 33.2. The summed E-state index contributed by atoms with van der Waals surface area (Å²) >= 11 is 0. The molecule has 3 aromatic rings. The molecule has 1 fully saturated rings. The number of hydrogen-bond acceptors (Lipinski definition) is 20. The lowest BCUT2D eigenvalue weighted by atomic mass is 9.72. The minimum absolute atomic E-state index is 0.0183. The number of fused-ring (bicyclic) bond motifs is 3. The summed E-state index contributed by atoms with van der Waals surface area (Å²) in [6.45, 7) is 0.477. The second-order valence-electron chi connectivity index (χ2n) is 17.5. The van der Waals surface area contributed by atoms with Crippen molar-refractivity contribution in [3.8, 4) is 28.7 Å². The molecule has 1 aliphatic heterocycles. The van der Waals surface area contributed by atoms with Gasteiger partial charge in [0.25, 0.3) is 5.91 Å². The van der Waals surface area contributed by atoms with Gasteiger partial charge in [0.1, 0.15) is 53.5 Å². The molecule has 2 aliphatic carbocycles. The Bertz CT molecular complexity index is 2660. The van der Waals surface area contributed by atoms with Gasteiger partial charge in [-0.25, -0.2) is 0 Å². The van der Waals surface area contributed by atoms with Gasteiger partial charge >= 0.3 is 0 Å². The van der Waals surface area contributed by atoms with Crippen molar-refractivity contribution in [3.05, 3.63) is 69.3 Å². The van der Waals surface area contributed by atoms with Gasteiger partial charge in [-0.1, -0.05) is 12.1 Å². The van der Waals surface area contributed by atoms with Crippen LogP contribution in [0.15, 0.2) is 30.3 Å². The topological polar surface area (TPSA) is 375 Å². The normalized spacial score (nSPS) is 21.0. The highest BCUT2D eigenvalue weighted by molar-refractivity contribution is 6.31. The average Bonchev–Trinajstić information content (AvgIpc) is 3.35. The maximum atomic E-state index is 14.0. The predicted molar refractivity (Wildman–Crippen MR) is 250 cm³/mol. The third-order valence-electron chi connectivity index (χ3n) is 12.6. The van der Waals surface area contributed by atoms with Gasteiger partial charge in [-0.15, -0.1) is 0 Å². The van der Waals surface area contributed by atoms with E-state index < -0.39 is 125 Å². The molecule has 1 unspecified atom stereocenters. The zero-order valence-electron chi connectivity index (χ0n) is 40.1. The zero-order valence-corrected chi connectivity index (χ0v) is 40.1. The van der Waals surface area contributed by atoms with E-state index in [9.17, 15) is 69.0 Å². The van der Waals surface area contributed by atoms with Crippen molar-refractivity contribution in [3.63, 3.8) is 0 Å². The first-order chi connectivity index (χ1) is 34.7. The van der Waals surface area contributed by atoms with Crippen molar-refractivity contribution in [1.29, 1.82) is 0 Å². The highest BCUT2D eigenvalue weighted by Crippen LogP contribution is 2.52. The van der Waals surface area contributed by atoms with Gasteiger partial charge in [0.05, 0.1) is 74.7 Å². The summed E-state index contributed by atoms with van der Waals surface area (Å²) in [5, 5.41) is 73.8. The molecular weight excluding hydrogens is 965 g/mol. The Hall–Kier alpha value is -7.06. The number of phenolic OH excluding ortho intramolecular Hbond substituents is 2. The first kappa shape index (κ1) is 55.3. The molecule has 394 valence electrons. The number of methoxy groups -OCH3 is 2. The monoisotopic (exact) mass is 1020 g/mol. The van der Waals surface area contributed by atoms with Gasteiger partial charge in [-0.2, -0.15) is 0 Å². The third kappa shape index (κ3) is 12.4. The highest BCUT2D eigenvalue weighted by atomic mass is 16.7. The van der Waals surface area contributed by atoms with Crippen molar-refractivity contribution >= 4 is 52.4 Å². The van der Waals surface area contributed by atoms with Gasteiger partial charge in [0.15, 0.2) is 29.4 Å². The quantitative estimate of drug-likeness (QED) is 0.0256. The van der Waals surface area contributed by atoms with Crippen LogP contribution < -0.4 is 31.2 Å². The third-order valence-corrected chi connectivity index (χ3v) is 12.6. The number of aliphatic hydroxyl groups is 3. The molecular formula is C49H58N4O20. The van der Waals surface area contributed by atoms with Crippen LogP contribution in [-0.4, -0.2) is 161 Å². The summed E-state index contributed by atoms with van der Waals surface area (Å²) in [4.78, 5) is 102. The molecule has 0 saturated carbocycles. The Morgan fingerprint density at radius 2 is 1.52 bits per heavy atom. The van der Waals surface area contributed by atoms with Crippen LogP contribution in [0.4, 0.5) is 5.69 Å². The number of hydrogen-bond donors (Lipinski definition) is 10. The number of amides is 4. The summed E-state index contributed by atoms with van der Waals surface area (Å²) in [7, 11) is 2.57. The van der Waals surface area contributed by atoms with Gasteiger partial charge < -0.3 is 80.7 Å². The fourth-order valence-electron chi connectivity index (χ4n) is 8.93. The molecule has 3 aromatic carbocycles. The van der Waals surface area contributed by atoms with Gasteiger partial charge in [0, 0.05) is 68.2 Å². The number of ether oxygens (including phenoxy) is 6. The number of ketones is 4. The van der Waals surface area contributed by atoms with Crippen LogP contribution in [0.25, 0.3) is 0 Å². The van der Waals surface area contributed by atoms with Crippen LogP contribution in [0.1, 0.15) is 111 Å². The first-order valence-corrected chi connectivity index (χ1v) is 23.2. The Morgan fingerprint density at radius 3 is 2.22 bits per heavy atom. The molecule has 0 spiro atoms. The molecule has 73 heavy (non-hydrogen) atoms. The summed E-state index contributed by atoms with van der Waals surface area (Å²) in [6.07, 6.45) is -6.98. The number of primary amides is 1. The highest BCUT2D eigenvalue weighted by Gasteiger charge is 2.50. The van der Waals surface area contributed by atoms with Crippen molar-refractivity contribution in [1.82, 2.24) is 10.6 Å². The van der Waals surface area contributed by atoms with Crippen molar-refractivity contribution in [2.45, 2.75) is 94.5 Å². The molecule has 11 N–H and O–H groups in total. The van der Waals surface area contributed by atoms with Crippen LogP contribution >= 0.6 is 0 Å². The van der Waals surface area contributed by atoms with E-state index in [1.54, 1.807) is 0 Å². The molecule has 6 atom stereocenters. The van der Waals surface area contributed by atoms with E-state index in [0.717, 1.165) is 0 Å². The Labute approximate surface area is 417 Å². The van der Waals surface area contributed by atoms with Crippen molar-refractivity contribution in [2.24, 2.45) is 5.73 Å². The number of benzene rings is 3. The number of anilines is 1. The molecule has 24 nitrogen and oxygen atoms in total. The number of phenols is 3. The van der Waals surface area contributed by atoms with Gasteiger partial charge in [-0.05, 0) is 31.5 Å². The lowest BCUT2D eigenvalue weighted by molar-refractivity contribution is -0.249. The lowest BCUT2D eigenvalue weighted by Crippen LogP contribution is -2.55. The van der Waals surface area contributed by atoms with Gasteiger partial charge in [0.2, 0.25) is 23.5 Å². The fourth-order valence-corrected chi connectivity index (χ4v) is 8.93. The van der Waals surface area contributed by atoms with Gasteiger partial charge in [-0.3, -0.25) is 38.4 Å². The van der Waals surface area contributed by atoms with Crippen LogP contribution in [0.3, 0.4) is 0 Å². The second kappa shape index (κ2) is 24.1. The van der Waals surface area contributed by atoms with E-state index >= 15 is 0 Å². The summed E-state index contributed by atoms with van der Waals surface area (Å²) in [5.74, 6) is -7.66. The van der Waals surface area contributed by atoms with Crippen LogP contribution in [-0.2, 0) is 49.3 Å². The predicted octanol–water partition coefficient (Wildman–Crippen LogP) is 0.280. The van der Waals surface area contributed by atoms with E-state index in [4.69, 9.17) is 34.2 Å². The number of nitrogens with two attached hydrogens (primary N) is 1. The second-order valence-corrected chi connectivity index (χ2v) is 17.5. The molecule has 0 bridgehead atoms. The molecule has 1 heterocycles.